The largest absolute Gasteiger partial charge is 0.466 e. The van der Waals surface area contributed by atoms with Crippen LogP contribution in [-0.4, -0.2) is 18.5 Å². The zero-order valence-corrected chi connectivity index (χ0v) is 8.39. The Bertz CT molecular complexity index is 194. The number of carbonyl (C=O) groups excluding carboxylic acids is 1. The second-order valence-corrected chi connectivity index (χ2v) is 3.81. The fourth-order valence-electron chi connectivity index (χ4n) is 1.76. The molecule has 1 fully saturated rings. The molecule has 0 aromatic heterocycles. The van der Waals surface area contributed by atoms with E-state index in [1.54, 1.807) is 6.92 Å². The fraction of sp³-hybridized carbons (Fsp3) is 0.900. The third kappa shape index (κ3) is 3.60. The average molecular weight is 206 g/mol. The van der Waals surface area contributed by atoms with E-state index in [0.29, 0.717) is 25.9 Å². The Morgan fingerprint density at radius 2 is 2.00 bits per heavy atom. The number of carbonyl (C=O) groups is 1. The molecule has 0 unspecified atom stereocenters. The highest BCUT2D eigenvalue weighted by Gasteiger charge is 2.35. The van der Waals surface area contributed by atoms with Crippen molar-refractivity contribution in [2.45, 2.75) is 45.0 Å². The van der Waals surface area contributed by atoms with Crippen molar-refractivity contribution < 1.29 is 18.3 Å². The number of ether oxygens (including phenoxy) is 1. The first kappa shape index (κ1) is 11.4. The standard InChI is InChI=1S/C10H16F2O2/c1-2-14-9(13)7-8-3-5-10(11,12)6-4-8/h8H,2-7H2,1H3. The summed E-state index contributed by atoms with van der Waals surface area (Å²) in [6, 6.07) is 0. The summed E-state index contributed by atoms with van der Waals surface area (Å²) in [5.74, 6) is -2.68. The predicted molar refractivity (Wildman–Crippen MR) is 48.2 cm³/mol. The summed E-state index contributed by atoms with van der Waals surface area (Å²) in [5, 5.41) is 0. The molecule has 0 bridgehead atoms. The maximum absolute atomic E-state index is 12.7. The number of esters is 1. The minimum Gasteiger partial charge on any atom is -0.466 e. The average Bonchev–Trinajstić information content (AvgIpc) is 2.09. The molecule has 1 saturated carbocycles. The van der Waals surface area contributed by atoms with Crippen molar-refractivity contribution in [1.29, 1.82) is 0 Å². The van der Waals surface area contributed by atoms with E-state index in [4.69, 9.17) is 4.74 Å². The van der Waals surface area contributed by atoms with E-state index in [-0.39, 0.29) is 24.7 Å². The molecule has 0 aromatic rings. The lowest BCUT2D eigenvalue weighted by Gasteiger charge is -2.27. The molecule has 0 aromatic carbocycles. The SMILES string of the molecule is CCOC(=O)CC1CCC(F)(F)CC1. The Morgan fingerprint density at radius 1 is 1.43 bits per heavy atom. The minimum absolute atomic E-state index is 0.0862. The molecule has 0 atom stereocenters. The molecule has 0 saturated heterocycles. The molecule has 0 radical (unpaired) electrons. The number of halogens is 2. The van der Waals surface area contributed by atoms with E-state index in [1.165, 1.54) is 0 Å². The van der Waals surface area contributed by atoms with Crippen molar-refractivity contribution in [2.75, 3.05) is 6.61 Å². The summed E-state index contributed by atoms with van der Waals surface area (Å²) in [4.78, 5) is 11.1. The van der Waals surface area contributed by atoms with Crippen LogP contribution in [0.15, 0.2) is 0 Å². The summed E-state index contributed by atoms with van der Waals surface area (Å²) < 4.78 is 30.3. The van der Waals surface area contributed by atoms with Gasteiger partial charge in [-0.05, 0) is 25.7 Å². The maximum atomic E-state index is 12.7. The van der Waals surface area contributed by atoms with Crippen molar-refractivity contribution in [2.24, 2.45) is 5.92 Å². The molecular formula is C10H16F2O2. The van der Waals surface area contributed by atoms with Gasteiger partial charge >= 0.3 is 5.97 Å². The van der Waals surface area contributed by atoms with Crippen LogP contribution in [0.1, 0.15) is 39.0 Å². The van der Waals surface area contributed by atoms with Gasteiger partial charge in [0, 0.05) is 19.3 Å². The molecule has 0 N–H and O–H groups in total. The maximum Gasteiger partial charge on any atom is 0.306 e. The van der Waals surface area contributed by atoms with Gasteiger partial charge in [0.15, 0.2) is 0 Å². The first-order valence-electron chi connectivity index (χ1n) is 5.07. The number of rotatable bonds is 3. The van der Waals surface area contributed by atoms with E-state index >= 15 is 0 Å². The highest BCUT2D eigenvalue weighted by molar-refractivity contribution is 5.69. The smallest absolute Gasteiger partial charge is 0.306 e. The topological polar surface area (TPSA) is 26.3 Å². The van der Waals surface area contributed by atoms with Gasteiger partial charge in [-0.25, -0.2) is 8.78 Å². The fourth-order valence-corrected chi connectivity index (χ4v) is 1.76. The molecule has 1 rings (SSSR count). The van der Waals surface area contributed by atoms with Crippen LogP contribution in [0.4, 0.5) is 8.78 Å². The summed E-state index contributed by atoms with van der Waals surface area (Å²) in [5.41, 5.74) is 0. The van der Waals surface area contributed by atoms with Crippen molar-refractivity contribution >= 4 is 5.97 Å². The van der Waals surface area contributed by atoms with E-state index in [1.807, 2.05) is 0 Å². The second kappa shape index (κ2) is 4.71. The van der Waals surface area contributed by atoms with Gasteiger partial charge in [-0.3, -0.25) is 4.79 Å². The first-order chi connectivity index (χ1) is 6.53. The molecule has 82 valence electrons. The molecule has 1 aliphatic carbocycles. The molecule has 0 amide bonds. The predicted octanol–water partition coefficient (Wildman–Crippen LogP) is 2.77. The van der Waals surface area contributed by atoms with Gasteiger partial charge in [0.1, 0.15) is 0 Å². The highest BCUT2D eigenvalue weighted by Crippen LogP contribution is 2.37. The van der Waals surface area contributed by atoms with Crippen LogP contribution in [0.2, 0.25) is 0 Å². The van der Waals surface area contributed by atoms with Crippen LogP contribution in [-0.2, 0) is 9.53 Å². The third-order valence-corrected chi connectivity index (χ3v) is 2.60. The Hall–Kier alpha value is -0.670. The second-order valence-electron chi connectivity index (χ2n) is 3.81. The summed E-state index contributed by atoms with van der Waals surface area (Å²) in [6.45, 7) is 2.11. The number of hydrogen-bond donors (Lipinski definition) is 0. The van der Waals surface area contributed by atoms with Gasteiger partial charge in [0.05, 0.1) is 6.61 Å². The normalized spacial score (nSPS) is 21.9. The van der Waals surface area contributed by atoms with Gasteiger partial charge in [0.25, 0.3) is 0 Å². The molecule has 4 heteroatoms. The molecule has 14 heavy (non-hydrogen) atoms. The summed E-state index contributed by atoms with van der Waals surface area (Å²) in [6.07, 6.45) is 0.996. The van der Waals surface area contributed by atoms with Crippen LogP contribution in [0.5, 0.6) is 0 Å². The zero-order chi connectivity index (χ0) is 10.6. The monoisotopic (exact) mass is 206 g/mol. The lowest BCUT2D eigenvalue weighted by Crippen LogP contribution is -2.26. The van der Waals surface area contributed by atoms with Gasteiger partial charge in [-0.1, -0.05) is 0 Å². The van der Waals surface area contributed by atoms with E-state index in [0.717, 1.165) is 0 Å². The van der Waals surface area contributed by atoms with Crippen LogP contribution in [0.25, 0.3) is 0 Å². The van der Waals surface area contributed by atoms with Gasteiger partial charge < -0.3 is 4.74 Å². The van der Waals surface area contributed by atoms with Crippen molar-refractivity contribution in [1.82, 2.24) is 0 Å². The van der Waals surface area contributed by atoms with E-state index < -0.39 is 5.92 Å². The molecular weight excluding hydrogens is 190 g/mol. The Kier molecular flexibility index (Phi) is 3.84. The zero-order valence-electron chi connectivity index (χ0n) is 8.39. The van der Waals surface area contributed by atoms with Crippen LogP contribution >= 0.6 is 0 Å². The van der Waals surface area contributed by atoms with Crippen molar-refractivity contribution in [3.63, 3.8) is 0 Å². The van der Waals surface area contributed by atoms with Crippen molar-refractivity contribution in [3.05, 3.63) is 0 Å². The van der Waals surface area contributed by atoms with Gasteiger partial charge in [-0.15, -0.1) is 0 Å². The first-order valence-corrected chi connectivity index (χ1v) is 5.07. The van der Waals surface area contributed by atoms with Gasteiger partial charge in [0.2, 0.25) is 5.92 Å². The summed E-state index contributed by atoms with van der Waals surface area (Å²) in [7, 11) is 0. The van der Waals surface area contributed by atoms with Gasteiger partial charge in [-0.2, -0.15) is 0 Å². The van der Waals surface area contributed by atoms with Crippen LogP contribution in [0, 0.1) is 5.92 Å². The Labute approximate surface area is 82.6 Å². The van der Waals surface area contributed by atoms with E-state index in [2.05, 4.69) is 0 Å². The minimum atomic E-state index is -2.51. The lowest BCUT2D eigenvalue weighted by atomic mass is 9.85. The molecule has 2 nitrogen and oxygen atoms in total. The van der Waals surface area contributed by atoms with E-state index in [9.17, 15) is 13.6 Å². The molecule has 1 aliphatic rings. The van der Waals surface area contributed by atoms with Crippen molar-refractivity contribution in [3.8, 4) is 0 Å². The third-order valence-electron chi connectivity index (χ3n) is 2.60. The highest BCUT2D eigenvalue weighted by atomic mass is 19.3. The quantitative estimate of drug-likeness (QED) is 0.664. The van der Waals surface area contributed by atoms with Crippen LogP contribution in [0.3, 0.4) is 0 Å². The molecule has 0 spiro atoms. The van der Waals surface area contributed by atoms with Crippen LogP contribution < -0.4 is 0 Å². The number of hydrogen-bond acceptors (Lipinski definition) is 2. The Morgan fingerprint density at radius 3 is 2.50 bits per heavy atom. The Balaban J connectivity index is 2.25. The summed E-state index contributed by atoms with van der Waals surface area (Å²) >= 11 is 0. The molecule has 0 heterocycles. The number of alkyl halides is 2. The lowest BCUT2D eigenvalue weighted by molar-refractivity contribution is -0.145. The molecule has 0 aliphatic heterocycles.